The molecule has 96 valence electrons. The molecule has 4 nitrogen and oxygen atoms in total. The molecule has 2 heterocycles. The van der Waals surface area contributed by atoms with Crippen molar-refractivity contribution in [2.24, 2.45) is 0 Å². The fourth-order valence-corrected chi connectivity index (χ4v) is 2.41. The number of benzene rings is 1. The number of anilines is 1. The second kappa shape index (κ2) is 4.76. The first-order valence-corrected chi connectivity index (χ1v) is 6.73. The normalized spacial score (nSPS) is 11.1. The minimum Gasteiger partial charge on any atom is -0.369 e. The molecule has 0 spiro atoms. The number of halogens is 2. The fraction of sp³-hybridized carbons (Fsp3) is 0.0769. The molecule has 3 rings (SSSR count). The number of fused-ring (bicyclic) bond motifs is 1. The molecule has 0 saturated carbocycles. The molecule has 2 N–H and O–H groups in total. The number of pyridine rings is 1. The number of imidazole rings is 1. The van der Waals surface area contributed by atoms with E-state index in [0.717, 1.165) is 5.69 Å². The predicted octanol–water partition coefficient (Wildman–Crippen LogP) is 2.81. The molecule has 0 amide bonds. The van der Waals surface area contributed by atoms with Crippen LogP contribution in [0.25, 0.3) is 11.0 Å². The monoisotopic (exact) mass is 368 g/mol. The predicted molar refractivity (Wildman–Crippen MR) is 80.2 cm³/mol. The molecule has 3 aromatic rings. The van der Waals surface area contributed by atoms with E-state index in [0.29, 0.717) is 27.1 Å². The van der Waals surface area contributed by atoms with Crippen LogP contribution in [-0.2, 0) is 6.54 Å². The highest BCUT2D eigenvalue weighted by Gasteiger charge is 2.12. The molecule has 0 atom stereocenters. The Morgan fingerprint density at radius 2 is 2.16 bits per heavy atom. The van der Waals surface area contributed by atoms with Crippen LogP contribution in [-0.4, -0.2) is 14.5 Å². The van der Waals surface area contributed by atoms with Crippen LogP contribution in [0.4, 0.5) is 10.3 Å². The molecule has 0 saturated heterocycles. The summed E-state index contributed by atoms with van der Waals surface area (Å²) in [6.45, 7) is 0.475. The van der Waals surface area contributed by atoms with Crippen molar-refractivity contribution in [3.8, 4) is 0 Å². The lowest BCUT2D eigenvalue weighted by molar-refractivity contribution is 0.621. The van der Waals surface area contributed by atoms with Crippen LogP contribution in [0.2, 0.25) is 0 Å². The van der Waals surface area contributed by atoms with Gasteiger partial charge in [0.2, 0.25) is 5.95 Å². The summed E-state index contributed by atoms with van der Waals surface area (Å²) in [5.41, 5.74) is 8.13. The van der Waals surface area contributed by atoms with E-state index in [-0.39, 0.29) is 5.82 Å². The Labute approximate surface area is 122 Å². The quantitative estimate of drug-likeness (QED) is 0.708. The third-order valence-electron chi connectivity index (χ3n) is 2.87. The first kappa shape index (κ1) is 12.3. The SMILES string of the molecule is Nc1nc2cc(I)c(F)cc2n1Cc1ccccn1. The summed E-state index contributed by atoms with van der Waals surface area (Å²) in [5, 5.41) is 0. The highest BCUT2D eigenvalue weighted by atomic mass is 127. The molecular formula is C13H10FIN4. The zero-order valence-corrected chi connectivity index (χ0v) is 12.0. The van der Waals surface area contributed by atoms with Gasteiger partial charge < -0.3 is 10.3 Å². The third-order valence-corrected chi connectivity index (χ3v) is 3.69. The van der Waals surface area contributed by atoms with Crippen LogP contribution >= 0.6 is 22.6 Å². The molecule has 0 bridgehead atoms. The van der Waals surface area contributed by atoms with E-state index in [1.54, 1.807) is 16.8 Å². The van der Waals surface area contributed by atoms with Gasteiger partial charge in [0.1, 0.15) is 5.82 Å². The molecule has 0 aliphatic rings. The summed E-state index contributed by atoms with van der Waals surface area (Å²) in [6.07, 6.45) is 1.72. The van der Waals surface area contributed by atoms with E-state index in [1.807, 2.05) is 40.8 Å². The maximum atomic E-state index is 13.7. The number of nitrogens with two attached hydrogens (primary N) is 1. The van der Waals surface area contributed by atoms with Gasteiger partial charge >= 0.3 is 0 Å². The average Bonchev–Trinajstić information content (AvgIpc) is 2.68. The van der Waals surface area contributed by atoms with E-state index in [1.165, 1.54) is 6.07 Å². The number of rotatable bonds is 2. The van der Waals surface area contributed by atoms with Crippen molar-refractivity contribution in [3.05, 3.63) is 51.6 Å². The van der Waals surface area contributed by atoms with Gasteiger partial charge in [-0.2, -0.15) is 0 Å². The summed E-state index contributed by atoms with van der Waals surface area (Å²) < 4.78 is 16.0. The Morgan fingerprint density at radius 1 is 1.32 bits per heavy atom. The maximum absolute atomic E-state index is 13.7. The van der Waals surface area contributed by atoms with Crippen molar-refractivity contribution in [1.82, 2.24) is 14.5 Å². The van der Waals surface area contributed by atoms with Crippen molar-refractivity contribution >= 4 is 39.6 Å². The van der Waals surface area contributed by atoms with Gasteiger partial charge in [0, 0.05) is 12.3 Å². The van der Waals surface area contributed by atoms with E-state index in [4.69, 9.17) is 5.73 Å². The summed E-state index contributed by atoms with van der Waals surface area (Å²) in [7, 11) is 0. The summed E-state index contributed by atoms with van der Waals surface area (Å²) in [5.74, 6) is 0.0947. The van der Waals surface area contributed by atoms with Crippen molar-refractivity contribution in [3.63, 3.8) is 0 Å². The highest BCUT2D eigenvalue weighted by Crippen LogP contribution is 2.23. The molecule has 1 aromatic carbocycles. The van der Waals surface area contributed by atoms with Gasteiger partial charge in [-0.15, -0.1) is 0 Å². The summed E-state index contributed by atoms with van der Waals surface area (Å²) in [4.78, 5) is 8.49. The van der Waals surface area contributed by atoms with Gasteiger partial charge in [-0.3, -0.25) is 4.98 Å². The van der Waals surface area contributed by atoms with Gasteiger partial charge in [-0.25, -0.2) is 9.37 Å². The standard InChI is InChI=1S/C13H10FIN4/c14-9-5-12-11(6-10(9)15)18-13(16)19(12)7-8-3-1-2-4-17-8/h1-6H,7H2,(H2,16,18). The van der Waals surface area contributed by atoms with Gasteiger partial charge in [-0.05, 0) is 40.8 Å². The van der Waals surface area contributed by atoms with Gasteiger partial charge in [0.25, 0.3) is 0 Å². The van der Waals surface area contributed by atoms with E-state index >= 15 is 0 Å². The minimum atomic E-state index is -0.268. The van der Waals surface area contributed by atoms with Crippen LogP contribution in [0, 0.1) is 9.39 Å². The largest absolute Gasteiger partial charge is 0.369 e. The Hall–Kier alpha value is -1.70. The molecule has 0 radical (unpaired) electrons. The first-order valence-electron chi connectivity index (χ1n) is 5.66. The average molecular weight is 368 g/mol. The summed E-state index contributed by atoms with van der Waals surface area (Å²) >= 11 is 1.94. The number of hydrogen-bond acceptors (Lipinski definition) is 3. The molecule has 0 aliphatic carbocycles. The third kappa shape index (κ3) is 2.27. The Kier molecular flexibility index (Phi) is 3.09. The second-order valence-corrected chi connectivity index (χ2v) is 5.29. The Balaban J connectivity index is 2.13. The molecular weight excluding hydrogens is 358 g/mol. The van der Waals surface area contributed by atoms with Crippen LogP contribution in [0.3, 0.4) is 0 Å². The van der Waals surface area contributed by atoms with Gasteiger partial charge in [-0.1, -0.05) is 6.07 Å². The molecule has 19 heavy (non-hydrogen) atoms. The smallest absolute Gasteiger partial charge is 0.201 e. The highest BCUT2D eigenvalue weighted by molar-refractivity contribution is 14.1. The fourth-order valence-electron chi connectivity index (χ4n) is 1.96. The van der Waals surface area contributed by atoms with Crippen molar-refractivity contribution < 1.29 is 4.39 Å². The van der Waals surface area contributed by atoms with Crippen LogP contribution < -0.4 is 5.73 Å². The molecule has 6 heteroatoms. The topological polar surface area (TPSA) is 56.7 Å². The van der Waals surface area contributed by atoms with E-state index in [9.17, 15) is 4.39 Å². The summed E-state index contributed by atoms with van der Waals surface area (Å²) in [6, 6.07) is 8.80. The zero-order chi connectivity index (χ0) is 13.4. The number of hydrogen-bond donors (Lipinski definition) is 1. The minimum absolute atomic E-state index is 0.268. The maximum Gasteiger partial charge on any atom is 0.201 e. The molecule has 0 unspecified atom stereocenters. The van der Waals surface area contributed by atoms with Crippen molar-refractivity contribution in [2.75, 3.05) is 5.73 Å². The van der Waals surface area contributed by atoms with E-state index in [2.05, 4.69) is 9.97 Å². The molecule has 0 fully saturated rings. The lowest BCUT2D eigenvalue weighted by Crippen LogP contribution is -2.05. The number of aromatic nitrogens is 3. The second-order valence-electron chi connectivity index (χ2n) is 4.13. The van der Waals surface area contributed by atoms with Crippen LogP contribution in [0.15, 0.2) is 36.5 Å². The first-order chi connectivity index (χ1) is 9.15. The number of nitrogen functional groups attached to an aromatic ring is 1. The van der Waals surface area contributed by atoms with Gasteiger partial charge in [0.15, 0.2) is 0 Å². The lowest BCUT2D eigenvalue weighted by atomic mass is 10.3. The van der Waals surface area contributed by atoms with Gasteiger partial charge in [0.05, 0.1) is 26.8 Å². The Bertz CT molecular complexity index is 739. The van der Waals surface area contributed by atoms with E-state index < -0.39 is 0 Å². The molecule has 0 aliphatic heterocycles. The van der Waals surface area contributed by atoms with Crippen LogP contribution in [0.5, 0.6) is 0 Å². The van der Waals surface area contributed by atoms with Crippen molar-refractivity contribution in [2.45, 2.75) is 6.54 Å². The lowest BCUT2D eigenvalue weighted by Gasteiger charge is -2.06. The van der Waals surface area contributed by atoms with Crippen molar-refractivity contribution in [1.29, 1.82) is 0 Å². The number of nitrogens with zero attached hydrogens (tertiary/aromatic N) is 3. The van der Waals surface area contributed by atoms with Crippen LogP contribution in [0.1, 0.15) is 5.69 Å². The molecule has 2 aromatic heterocycles. The Morgan fingerprint density at radius 3 is 2.89 bits per heavy atom. The zero-order valence-electron chi connectivity index (χ0n) is 9.85.